The van der Waals surface area contributed by atoms with Crippen molar-refractivity contribution in [2.24, 2.45) is 0 Å². The van der Waals surface area contributed by atoms with Crippen molar-refractivity contribution in [1.29, 1.82) is 0 Å². The maximum atomic E-state index is 11.5. The van der Waals surface area contributed by atoms with Gasteiger partial charge in [-0.15, -0.1) is 6.58 Å². The molecule has 0 atom stereocenters. The minimum atomic E-state index is -0.0932. The van der Waals surface area contributed by atoms with Crippen LogP contribution in [-0.2, 0) is 0 Å². The van der Waals surface area contributed by atoms with E-state index in [0.717, 1.165) is 25.8 Å². The number of amides is 1. The number of rotatable bonds is 7. The Balaban J connectivity index is 2.14. The smallest absolute Gasteiger partial charge is 0.265 e. The fraction of sp³-hybridized carbons (Fsp3) is 0.308. The summed E-state index contributed by atoms with van der Waals surface area (Å²) in [5.74, 6) is -0.0932. The molecule has 1 aromatic rings. The van der Waals surface area contributed by atoms with E-state index in [2.05, 4.69) is 17.4 Å². The second kappa shape index (κ2) is 7.65. The molecular formula is C13H18N2O. The van der Waals surface area contributed by atoms with Crippen molar-refractivity contribution >= 4 is 5.91 Å². The number of allylic oxidation sites excluding steroid dienone is 1. The molecule has 0 spiro atoms. The third kappa shape index (κ3) is 4.75. The number of hydrogen-bond donors (Lipinski definition) is 2. The molecular weight excluding hydrogens is 200 g/mol. The first-order chi connectivity index (χ1) is 7.84. The first-order valence-electron chi connectivity index (χ1n) is 5.53. The number of benzene rings is 1. The fourth-order valence-corrected chi connectivity index (χ4v) is 1.31. The number of hydrogen-bond acceptors (Lipinski definition) is 2. The summed E-state index contributed by atoms with van der Waals surface area (Å²) >= 11 is 0. The Morgan fingerprint density at radius 3 is 2.69 bits per heavy atom. The van der Waals surface area contributed by atoms with Gasteiger partial charge >= 0.3 is 0 Å². The predicted octanol–water partition coefficient (Wildman–Crippen LogP) is 2.28. The molecule has 1 rings (SSSR count). The lowest BCUT2D eigenvalue weighted by atomic mass is 10.2. The zero-order chi connectivity index (χ0) is 11.6. The van der Waals surface area contributed by atoms with Crippen LogP contribution in [0.15, 0.2) is 43.0 Å². The maximum Gasteiger partial charge on any atom is 0.265 e. The molecule has 0 heterocycles. The van der Waals surface area contributed by atoms with Crippen molar-refractivity contribution in [2.75, 3.05) is 6.54 Å². The minimum absolute atomic E-state index is 0.0932. The third-order valence-electron chi connectivity index (χ3n) is 2.20. The zero-order valence-corrected chi connectivity index (χ0v) is 9.41. The summed E-state index contributed by atoms with van der Waals surface area (Å²) < 4.78 is 0. The molecule has 0 aliphatic heterocycles. The van der Waals surface area contributed by atoms with Crippen molar-refractivity contribution in [3.63, 3.8) is 0 Å². The summed E-state index contributed by atoms with van der Waals surface area (Å²) in [5.41, 5.74) is 6.24. The fourth-order valence-electron chi connectivity index (χ4n) is 1.31. The Hall–Kier alpha value is -1.61. The summed E-state index contributed by atoms with van der Waals surface area (Å²) in [6.45, 7) is 4.44. The molecule has 0 unspecified atom stereocenters. The summed E-state index contributed by atoms with van der Waals surface area (Å²) in [4.78, 5) is 11.5. The molecule has 0 aromatic heterocycles. The van der Waals surface area contributed by atoms with Gasteiger partial charge in [-0.1, -0.05) is 24.3 Å². The zero-order valence-electron chi connectivity index (χ0n) is 9.41. The van der Waals surface area contributed by atoms with Crippen LogP contribution in [0.3, 0.4) is 0 Å². The van der Waals surface area contributed by atoms with E-state index in [1.807, 2.05) is 24.3 Å². The Labute approximate surface area is 96.5 Å². The normalized spacial score (nSPS) is 9.75. The van der Waals surface area contributed by atoms with E-state index in [4.69, 9.17) is 0 Å². The lowest BCUT2D eigenvalue weighted by Gasteiger charge is -2.06. The van der Waals surface area contributed by atoms with Crippen LogP contribution in [0, 0.1) is 0 Å². The average Bonchev–Trinajstić information content (AvgIpc) is 2.34. The minimum Gasteiger partial charge on any atom is -0.287 e. The molecule has 0 saturated carbocycles. The third-order valence-corrected chi connectivity index (χ3v) is 2.20. The summed E-state index contributed by atoms with van der Waals surface area (Å²) in [6.07, 6.45) is 5.05. The highest BCUT2D eigenvalue weighted by molar-refractivity contribution is 5.93. The lowest BCUT2D eigenvalue weighted by Crippen LogP contribution is -2.37. The Morgan fingerprint density at radius 2 is 2.00 bits per heavy atom. The number of unbranched alkanes of at least 4 members (excludes halogenated alkanes) is 2. The standard InChI is InChI=1S/C13H18N2O/c1-2-3-4-8-11-14-15-13(16)12-9-6-5-7-10-12/h2,5-7,9-10,14H,1,3-4,8,11H2,(H,15,16). The monoisotopic (exact) mass is 218 g/mol. The van der Waals surface area contributed by atoms with Gasteiger partial charge in [0.05, 0.1) is 0 Å². The SMILES string of the molecule is C=CCCCCNNC(=O)c1ccccc1. The Bertz CT molecular complexity index is 322. The van der Waals surface area contributed by atoms with Gasteiger partial charge in [-0.3, -0.25) is 10.2 Å². The first-order valence-corrected chi connectivity index (χ1v) is 5.53. The number of carbonyl (C=O) groups is 1. The molecule has 0 radical (unpaired) electrons. The molecule has 1 amide bonds. The average molecular weight is 218 g/mol. The van der Waals surface area contributed by atoms with Crippen molar-refractivity contribution in [3.8, 4) is 0 Å². The van der Waals surface area contributed by atoms with Crippen molar-refractivity contribution < 1.29 is 4.79 Å². The molecule has 16 heavy (non-hydrogen) atoms. The van der Waals surface area contributed by atoms with Crippen molar-refractivity contribution in [2.45, 2.75) is 19.3 Å². The highest BCUT2D eigenvalue weighted by Crippen LogP contribution is 1.97. The van der Waals surface area contributed by atoms with Crippen LogP contribution >= 0.6 is 0 Å². The van der Waals surface area contributed by atoms with Gasteiger partial charge in [0.15, 0.2) is 0 Å². The molecule has 3 heteroatoms. The Morgan fingerprint density at radius 1 is 1.25 bits per heavy atom. The van der Waals surface area contributed by atoms with Crippen LogP contribution in [0.2, 0.25) is 0 Å². The summed E-state index contributed by atoms with van der Waals surface area (Å²) in [6, 6.07) is 9.15. The second-order valence-electron chi connectivity index (χ2n) is 3.53. The Kier molecular flexibility index (Phi) is 5.96. The molecule has 0 fully saturated rings. The molecule has 0 aliphatic carbocycles. The van der Waals surface area contributed by atoms with Crippen LogP contribution in [0.1, 0.15) is 29.6 Å². The van der Waals surface area contributed by atoms with E-state index in [1.54, 1.807) is 12.1 Å². The quantitative estimate of drug-likeness (QED) is 0.419. The maximum absolute atomic E-state index is 11.5. The summed E-state index contributed by atoms with van der Waals surface area (Å²) in [5, 5.41) is 0. The van der Waals surface area contributed by atoms with Crippen molar-refractivity contribution in [3.05, 3.63) is 48.6 Å². The van der Waals surface area contributed by atoms with E-state index >= 15 is 0 Å². The van der Waals surface area contributed by atoms with Gasteiger partial charge in [0.2, 0.25) is 0 Å². The van der Waals surface area contributed by atoms with Crippen LogP contribution in [0.5, 0.6) is 0 Å². The van der Waals surface area contributed by atoms with Crippen molar-refractivity contribution in [1.82, 2.24) is 10.9 Å². The number of hydrazine groups is 1. The lowest BCUT2D eigenvalue weighted by molar-refractivity contribution is 0.0933. The van der Waals surface area contributed by atoms with E-state index in [1.165, 1.54) is 0 Å². The van der Waals surface area contributed by atoms with Gasteiger partial charge < -0.3 is 0 Å². The summed E-state index contributed by atoms with van der Waals surface area (Å²) in [7, 11) is 0. The predicted molar refractivity (Wildman–Crippen MR) is 66.0 cm³/mol. The topological polar surface area (TPSA) is 41.1 Å². The number of nitrogens with one attached hydrogen (secondary N) is 2. The van der Waals surface area contributed by atoms with E-state index in [0.29, 0.717) is 5.56 Å². The molecule has 2 N–H and O–H groups in total. The molecule has 1 aromatic carbocycles. The first kappa shape index (κ1) is 12.5. The van der Waals surface area contributed by atoms with Crippen LogP contribution in [-0.4, -0.2) is 12.5 Å². The molecule has 0 saturated heterocycles. The van der Waals surface area contributed by atoms with E-state index in [9.17, 15) is 4.79 Å². The van der Waals surface area contributed by atoms with Gasteiger partial charge in [-0.05, 0) is 31.4 Å². The molecule has 86 valence electrons. The molecule has 3 nitrogen and oxygen atoms in total. The molecule has 0 bridgehead atoms. The van der Waals surface area contributed by atoms with Gasteiger partial charge in [-0.25, -0.2) is 5.43 Å². The highest BCUT2D eigenvalue weighted by Gasteiger charge is 2.01. The van der Waals surface area contributed by atoms with Gasteiger partial charge in [0.25, 0.3) is 5.91 Å². The van der Waals surface area contributed by atoms with Gasteiger partial charge in [0.1, 0.15) is 0 Å². The van der Waals surface area contributed by atoms with Crippen LogP contribution in [0.25, 0.3) is 0 Å². The van der Waals surface area contributed by atoms with Crippen LogP contribution < -0.4 is 10.9 Å². The van der Waals surface area contributed by atoms with E-state index in [-0.39, 0.29) is 5.91 Å². The number of carbonyl (C=O) groups excluding carboxylic acids is 1. The van der Waals surface area contributed by atoms with Gasteiger partial charge in [-0.2, -0.15) is 0 Å². The highest BCUT2D eigenvalue weighted by atomic mass is 16.2. The molecule has 0 aliphatic rings. The van der Waals surface area contributed by atoms with Crippen LogP contribution in [0.4, 0.5) is 0 Å². The second-order valence-corrected chi connectivity index (χ2v) is 3.53. The van der Waals surface area contributed by atoms with Gasteiger partial charge in [0, 0.05) is 12.1 Å². The van der Waals surface area contributed by atoms with E-state index < -0.39 is 0 Å². The largest absolute Gasteiger partial charge is 0.287 e.